The molecule has 2 amide bonds. The van der Waals surface area contributed by atoms with Crippen LogP contribution in [0.2, 0.25) is 0 Å². The summed E-state index contributed by atoms with van der Waals surface area (Å²) in [6.45, 7) is -1.37. The monoisotopic (exact) mass is 317 g/mol. The van der Waals surface area contributed by atoms with Gasteiger partial charge in [0.25, 0.3) is 11.8 Å². The molecule has 0 N–H and O–H groups in total. The lowest BCUT2D eigenvalue weighted by Crippen LogP contribution is -2.32. The Balaban J connectivity index is 1.98. The summed E-state index contributed by atoms with van der Waals surface area (Å²) in [4.78, 5) is 26.0. The molecule has 0 saturated carbocycles. The van der Waals surface area contributed by atoms with Gasteiger partial charge in [-0.15, -0.1) is 0 Å². The average molecular weight is 317 g/mol. The highest BCUT2D eigenvalue weighted by atomic mass is 19.3. The normalized spacial score (nSPS) is 15.0. The van der Waals surface area contributed by atoms with Crippen LogP contribution < -0.4 is 4.74 Å². The van der Waals surface area contributed by atoms with Gasteiger partial charge < -0.3 is 4.74 Å². The molecule has 0 radical (unpaired) electrons. The number of halogens is 2. The van der Waals surface area contributed by atoms with E-state index in [1.165, 1.54) is 6.07 Å². The fraction of sp³-hybridized carbons (Fsp3) is 0.176. The molecule has 2 aromatic carbocycles. The van der Waals surface area contributed by atoms with Crippen LogP contribution in [0.15, 0.2) is 48.5 Å². The minimum atomic E-state index is -2.98. The van der Waals surface area contributed by atoms with E-state index in [-0.39, 0.29) is 5.75 Å². The summed E-state index contributed by atoms with van der Waals surface area (Å²) in [5, 5.41) is 0. The van der Waals surface area contributed by atoms with Gasteiger partial charge in [0.15, 0.2) is 0 Å². The topological polar surface area (TPSA) is 46.6 Å². The van der Waals surface area contributed by atoms with Crippen LogP contribution in [-0.4, -0.2) is 23.3 Å². The third-order valence-electron chi connectivity index (χ3n) is 3.80. The van der Waals surface area contributed by atoms with Crippen LogP contribution in [0.3, 0.4) is 0 Å². The molecule has 0 aliphatic carbocycles. The van der Waals surface area contributed by atoms with E-state index in [1.807, 2.05) is 0 Å². The van der Waals surface area contributed by atoms with E-state index in [0.717, 1.165) is 4.90 Å². The third kappa shape index (κ3) is 2.56. The first-order chi connectivity index (χ1) is 11.0. The van der Waals surface area contributed by atoms with Gasteiger partial charge in [0, 0.05) is 5.56 Å². The van der Waals surface area contributed by atoms with Crippen molar-refractivity contribution in [3.63, 3.8) is 0 Å². The zero-order chi connectivity index (χ0) is 16.6. The van der Waals surface area contributed by atoms with E-state index in [1.54, 1.807) is 49.4 Å². The van der Waals surface area contributed by atoms with Gasteiger partial charge in [0.1, 0.15) is 5.75 Å². The minimum absolute atomic E-state index is 0.0495. The van der Waals surface area contributed by atoms with Crippen molar-refractivity contribution in [1.82, 2.24) is 4.90 Å². The maximum absolute atomic E-state index is 12.5. The van der Waals surface area contributed by atoms with Gasteiger partial charge in [-0.1, -0.05) is 30.3 Å². The van der Waals surface area contributed by atoms with E-state index >= 15 is 0 Å². The van der Waals surface area contributed by atoms with Gasteiger partial charge >= 0.3 is 6.61 Å². The number of hydrogen-bond acceptors (Lipinski definition) is 3. The lowest BCUT2D eigenvalue weighted by molar-refractivity contribution is -0.0508. The Labute approximate surface area is 131 Å². The quantitative estimate of drug-likeness (QED) is 0.809. The van der Waals surface area contributed by atoms with Crippen molar-refractivity contribution in [3.05, 3.63) is 65.2 Å². The Morgan fingerprint density at radius 3 is 2.00 bits per heavy atom. The van der Waals surface area contributed by atoms with Crippen molar-refractivity contribution in [2.45, 2.75) is 19.6 Å². The largest absolute Gasteiger partial charge is 0.434 e. The van der Waals surface area contributed by atoms with Crippen LogP contribution in [-0.2, 0) is 0 Å². The molecule has 0 saturated heterocycles. The molecule has 1 atom stereocenters. The number of amides is 2. The number of hydrogen-bond donors (Lipinski definition) is 0. The molecule has 4 nitrogen and oxygen atoms in total. The van der Waals surface area contributed by atoms with Crippen molar-refractivity contribution in [1.29, 1.82) is 0 Å². The van der Waals surface area contributed by atoms with Gasteiger partial charge in [-0.25, -0.2) is 0 Å². The Kier molecular flexibility index (Phi) is 3.82. The molecule has 1 aliphatic heterocycles. The Morgan fingerprint density at radius 1 is 0.913 bits per heavy atom. The maximum atomic E-state index is 12.5. The highest BCUT2D eigenvalue weighted by Crippen LogP contribution is 2.35. The van der Waals surface area contributed by atoms with Crippen LogP contribution in [0.1, 0.15) is 39.2 Å². The molecule has 1 aliphatic rings. The molecule has 23 heavy (non-hydrogen) atoms. The van der Waals surface area contributed by atoms with E-state index in [0.29, 0.717) is 16.7 Å². The molecule has 0 bridgehead atoms. The molecule has 0 spiro atoms. The van der Waals surface area contributed by atoms with Gasteiger partial charge in [0.2, 0.25) is 0 Å². The zero-order valence-corrected chi connectivity index (χ0v) is 12.2. The molecule has 0 unspecified atom stereocenters. The molecular formula is C17H13F2NO3. The zero-order valence-electron chi connectivity index (χ0n) is 12.2. The second kappa shape index (κ2) is 5.79. The number of benzene rings is 2. The molecule has 1 heterocycles. The van der Waals surface area contributed by atoms with Crippen LogP contribution >= 0.6 is 0 Å². The van der Waals surface area contributed by atoms with E-state index < -0.39 is 24.5 Å². The summed E-state index contributed by atoms with van der Waals surface area (Å²) in [7, 11) is 0. The highest BCUT2D eigenvalue weighted by molar-refractivity contribution is 6.21. The van der Waals surface area contributed by atoms with Crippen molar-refractivity contribution in [3.8, 4) is 5.75 Å². The lowest BCUT2D eigenvalue weighted by atomic mass is 10.1. The molecule has 3 rings (SSSR count). The van der Waals surface area contributed by atoms with Crippen LogP contribution in [0, 0.1) is 0 Å². The molecule has 2 aromatic rings. The first-order valence-corrected chi connectivity index (χ1v) is 7.01. The van der Waals surface area contributed by atoms with Crippen LogP contribution in [0.25, 0.3) is 0 Å². The van der Waals surface area contributed by atoms with Crippen molar-refractivity contribution in [2.75, 3.05) is 0 Å². The maximum Gasteiger partial charge on any atom is 0.387 e. The number of carbonyl (C=O) groups is 2. The number of para-hydroxylation sites is 1. The van der Waals surface area contributed by atoms with Crippen molar-refractivity contribution in [2.24, 2.45) is 0 Å². The molecule has 118 valence electrons. The van der Waals surface area contributed by atoms with Crippen LogP contribution in [0.5, 0.6) is 5.75 Å². The van der Waals surface area contributed by atoms with Crippen molar-refractivity contribution >= 4 is 11.8 Å². The summed E-state index contributed by atoms with van der Waals surface area (Å²) in [5.41, 5.74) is 0.982. The molecule has 0 fully saturated rings. The van der Waals surface area contributed by atoms with Gasteiger partial charge in [-0.05, 0) is 25.1 Å². The van der Waals surface area contributed by atoms with E-state index in [9.17, 15) is 18.4 Å². The smallest absolute Gasteiger partial charge is 0.387 e. The predicted octanol–water partition coefficient (Wildman–Crippen LogP) is 3.65. The highest BCUT2D eigenvalue weighted by Gasteiger charge is 2.39. The molecule has 0 aromatic heterocycles. The number of rotatable bonds is 4. The number of fused-ring (bicyclic) bond motifs is 1. The van der Waals surface area contributed by atoms with E-state index in [4.69, 9.17) is 0 Å². The van der Waals surface area contributed by atoms with Crippen LogP contribution in [0.4, 0.5) is 8.78 Å². The van der Waals surface area contributed by atoms with Gasteiger partial charge in [-0.2, -0.15) is 8.78 Å². The SMILES string of the molecule is C[C@@H](c1ccccc1OC(F)F)N1C(=O)c2ccccc2C1=O. The first kappa shape index (κ1) is 15.1. The summed E-state index contributed by atoms with van der Waals surface area (Å²) >= 11 is 0. The number of nitrogens with zero attached hydrogens (tertiary/aromatic N) is 1. The summed E-state index contributed by atoms with van der Waals surface area (Å²) in [6.07, 6.45) is 0. The lowest BCUT2D eigenvalue weighted by Gasteiger charge is -2.24. The predicted molar refractivity (Wildman–Crippen MR) is 78.4 cm³/mol. The number of carbonyl (C=O) groups excluding carboxylic acids is 2. The summed E-state index contributed by atoms with van der Waals surface area (Å²) < 4.78 is 29.6. The number of alkyl halides is 2. The Bertz CT molecular complexity index is 741. The first-order valence-electron chi connectivity index (χ1n) is 7.01. The second-order valence-corrected chi connectivity index (χ2v) is 5.12. The fourth-order valence-corrected chi connectivity index (χ4v) is 2.73. The molecular weight excluding hydrogens is 304 g/mol. The minimum Gasteiger partial charge on any atom is -0.434 e. The van der Waals surface area contributed by atoms with E-state index in [2.05, 4.69) is 4.74 Å². The Hall–Kier alpha value is -2.76. The third-order valence-corrected chi connectivity index (χ3v) is 3.80. The fourth-order valence-electron chi connectivity index (χ4n) is 2.73. The molecule has 6 heteroatoms. The summed E-state index contributed by atoms with van der Waals surface area (Å²) in [5.74, 6) is -0.929. The number of imide groups is 1. The standard InChI is InChI=1S/C17H13F2NO3/c1-10(11-6-4-5-9-14(11)23-17(18)19)20-15(21)12-7-2-3-8-13(12)16(20)22/h2-10,17H,1H3/t10-/m0/s1. The summed E-state index contributed by atoms with van der Waals surface area (Å²) in [6, 6.07) is 11.9. The van der Waals surface area contributed by atoms with Gasteiger partial charge in [0.05, 0.1) is 17.2 Å². The second-order valence-electron chi connectivity index (χ2n) is 5.12. The average Bonchev–Trinajstić information content (AvgIpc) is 2.79. The Morgan fingerprint density at radius 2 is 1.43 bits per heavy atom. The van der Waals surface area contributed by atoms with Crippen molar-refractivity contribution < 1.29 is 23.1 Å². The van der Waals surface area contributed by atoms with Gasteiger partial charge in [-0.3, -0.25) is 14.5 Å². The number of ether oxygens (including phenoxy) is 1.